The number of aryl methyl sites for hydroxylation is 1. The maximum absolute atomic E-state index is 7.14. The normalized spacial score (nSPS) is 15.6. The summed E-state index contributed by atoms with van der Waals surface area (Å²) in [6.45, 7) is 11.8. The van der Waals surface area contributed by atoms with Crippen molar-refractivity contribution in [3.8, 4) is 33.4 Å². The van der Waals surface area contributed by atoms with Crippen LogP contribution in [0.5, 0.6) is 0 Å². The number of rotatable bonds is 4. The van der Waals surface area contributed by atoms with Crippen LogP contribution in [0.25, 0.3) is 77.1 Å². The molecule has 0 bridgehead atoms. The van der Waals surface area contributed by atoms with Crippen LogP contribution in [0.1, 0.15) is 75.3 Å². The Morgan fingerprint density at radius 2 is 1.23 bits per heavy atom. The van der Waals surface area contributed by atoms with E-state index in [-0.39, 0.29) is 17.7 Å². The SMILES string of the molecule is CCCCc1cc2c3c(c1)c1ccccc1n3B1c3cc4c(cc3N(c3ccc5c(c3)-c3ccccc3C5(C)C)c3cc5c(oc6ccccc65)c-2c31)-c1ccccc1C4(C)C. The van der Waals surface area contributed by atoms with Gasteiger partial charge in [0.05, 0.1) is 0 Å². The Hall–Kier alpha value is -6.78. The zero-order valence-electron chi connectivity index (χ0n) is 35.9. The van der Waals surface area contributed by atoms with E-state index in [1.54, 1.807) is 0 Å². The summed E-state index contributed by atoms with van der Waals surface area (Å²) in [7, 11) is 0. The van der Waals surface area contributed by atoms with Crippen molar-refractivity contribution < 1.29 is 4.42 Å². The topological polar surface area (TPSA) is 21.3 Å². The molecular formula is C58H45BN2O. The Bertz CT molecular complexity index is 3650. The lowest BCUT2D eigenvalue weighted by molar-refractivity contribution is 0.660. The molecule has 0 saturated heterocycles. The molecule has 4 heterocycles. The van der Waals surface area contributed by atoms with E-state index < -0.39 is 0 Å². The molecule has 0 saturated carbocycles. The van der Waals surface area contributed by atoms with E-state index in [2.05, 4.69) is 190 Å². The van der Waals surface area contributed by atoms with E-state index in [1.165, 1.54) is 116 Å². The van der Waals surface area contributed by atoms with E-state index in [0.29, 0.717) is 0 Å². The fourth-order valence-corrected chi connectivity index (χ4v) is 12.6. The third kappa shape index (κ3) is 4.19. The number of anilines is 3. The quantitative estimate of drug-likeness (QED) is 0.165. The molecule has 3 nitrogen and oxygen atoms in total. The lowest BCUT2D eigenvalue weighted by Crippen LogP contribution is -2.57. The number of nitrogens with zero attached hydrogens (tertiary/aromatic N) is 2. The predicted molar refractivity (Wildman–Crippen MR) is 261 cm³/mol. The van der Waals surface area contributed by atoms with Crippen LogP contribution in [0.15, 0.2) is 150 Å². The first-order chi connectivity index (χ1) is 30.2. The first kappa shape index (κ1) is 34.9. The van der Waals surface area contributed by atoms with Crippen molar-refractivity contribution in [3.05, 3.63) is 173 Å². The molecule has 0 atom stereocenters. The van der Waals surface area contributed by atoms with Gasteiger partial charge in [0.1, 0.15) is 11.2 Å². The van der Waals surface area contributed by atoms with Crippen LogP contribution >= 0.6 is 0 Å². The average molecular weight is 797 g/mol. The summed E-state index contributed by atoms with van der Waals surface area (Å²) < 4.78 is 9.85. The fraction of sp³-hybridized carbons (Fsp3) is 0.172. The second kappa shape index (κ2) is 11.8. The first-order valence-corrected chi connectivity index (χ1v) is 22.6. The molecule has 8 aromatic carbocycles. The molecule has 4 heteroatoms. The molecule has 0 fully saturated rings. The highest BCUT2D eigenvalue weighted by Crippen LogP contribution is 2.55. The minimum Gasteiger partial charge on any atom is -0.455 e. The van der Waals surface area contributed by atoms with Crippen LogP contribution in [-0.4, -0.2) is 11.3 Å². The van der Waals surface area contributed by atoms with Gasteiger partial charge in [-0.05, 0) is 122 Å². The summed E-state index contributed by atoms with van der Waals surface area (Å²) in [5.74, 6) is 0. The smallest absolute Gasteiger partial charge is 0.333 e. The van der Waals surface area contributed by atoms with Gasteiger partial charge in [0.2, 0.25) is 0 Å². The zero-order valence-corrected chi connectivity index (χ0v) is 35.9. The maximum Gasteiger partial charge on any atom is 0.333 e. The van der Waals surface area contributed by atoms with Crippen LogP contribution in [0.2, 0.25) is 0 Å². The molecule has 2 aliphatic carbocycles. The zero-order chi connectivity index (χ0) is 41.4. The second-order valence-corrected chi connectivity index (χ2v) is 19.5. The van der Waals surface area contributed by atoms with E-state index in [4.69, 9.17) is 4.42 Å². The van der Waals surface area contributed by atoms with Gasteiger partial charge < -0.3 is 13.8 Å². The van der Waals surface area contributed by atoms with Gasteiger partial charge in [-0.2, -0.15) is 0 Å². The van der Waals surface area contributed by atoms with Crippen LogP contribution in [0.3, 0.4) is 0 Å². The highest BCUT2D eigenvalue weighted by molar-refractivity contribution is 6.90. The Kier molecular flexibility index (Phi) is 6.62. The first-order valence-electron chi connectivity index (χ1n) is 22.6. The Morgan fingerprint density at radius 3 is 2.02 bits per heavy atom. The van der Waals surface area contributed by atoms with Gasteiger partial charge in [0, 0.05) is 71.6 Å². The number of benzene rings is 8. The monoisotopic (exact) mass is 796 g/mol. The summed E-state index contributed by atoms with van der Waals surface area (Å²) in [4.78, 5) is 2.63. The summed E-state index contributed by atoms with van der Waals surface area (Å²) in [5, 5.41) is 4.97. The molecule has 2 aliphatic heterocycles. The van der Waals surface area contributed by atoms with Gasteiger partial charge >= 0.3 is 6.85 Å². The third-order valence-corrected chi connectivity index (χ3v) is 15.5. The van der Waals surface area contributed by atoms with Crippen molar-refractivity contribution >= 4 is 78.6 Å². The molecule has 2 aromatic heterocycles. The lowest BCUT2D eigenvalue weighted by Gasteiger charge is -2.41. The van der Waals surface area contributed by atoms with Crippen LogP contribution in [0.4, 0.5) is 17.1 Å². The second-order valence-electron chi connectivity index (χ2n) is 19.5. The number of hydrogen-bond acceptors (Lipinski definition) is 2. The molecule has 0 radical (unpaired) electrons. The Balaban J connectivity index is 1.17. The number of aromatic nitrogens is 1. The van der Waals surface area contributed by atoms with Gasteiger partial charge in [0.15, 0.2) is 0 Å². The van der Waals surface area contributed by atoms with Gasteiger partial charge in [-0.3, -0.25) is 0 Å². The summed E-state index contributed by atoms with van der Waals surface area (Å²) in [6.07, 6.45) is 3.36. The largest absolute Gasteiger partial charge is 0.455 e. The van der Waals surface area contributed by atoms with E-state index in [1.807, 2.05) is 0 Å². The molecule has 296 valence electrons. The summed E-state index contributed by atoms with van der Waals surface area (Å²) in [6, 6.07) is 55.9. The van der Waals surface area contributed by atoms with Gasteiger partial charge in [-0.1, -0.05) is 138 Å². The summed E-state index contributed by atoms with van der Waals surface area (Å²) >= 11 is 0. The predicted octanol–water partition coefficient (Wildman–Crippen LogP) is 14.1. The molecule has 14 rings (SSSR count). The highest BCUT2D eigenvalue weighted by Gasteiger charge is 2.47. The van der Waals surface area contributed by atoms with Crippen molar-refractivity contribution in [2.75, 3.05) is 4.90 Å². The summed E-state index contributed by atoms with van der Waals surface area (Å²) in [5.41, 5.74) is 25.4. The van der Waals surface area contributed by atoms with Crippen molar-refractivity contribution in [1.82, 2.24) is 4.48 Å². The van der Waals surface area contributed by atoms with Crippen molar-refractivity contribution in [3.63, 3.8) is 0 Å². The molecule has 10 aromatic rings. The Morgan fingerprint density at radius 1 is 0.548 bits per heavy atom. The number of fused-ring (bicyclic) bond motifs is 17. The van der Waals surface area contributed by atoms with Gasteiger partial charge in [-0.25, -0.2) is 0 Å². The number of unbranched alkanes of at least 4 members (excludes halogenated alkanes) is 1. The van der Waals surface area contributed by atoms with Crippen molar-refractivity contribution in [2.24, 2.45) is 0 Å². The Labute approximate surface area is 362 Å². The minimum absolute atomic E-state index is 0.0840. The average Bonchev–Trinajstić information content (AvgIpc) is 3.97. The molecular weight excluding hydrogens is 751 g/mol. The van der Waals surface area contributed by atoms with Crippen LogP contribution < -0.4 is 15.8 Å². The fourth-order valence-electron chi connectivity index (χ4n) is 12.6. The maximum atomic E-state index is 7.14. The number of furan rings is 1. The van der Waals surface area contributed by atoms with Crippen molar-refractivity contribution in [2.45, 2.75) is 64.7 Å². The molecule has 0 unspecified atom stereocenters. The number of hydrogen-bond donors (Lipinski definition) is 0. The molecule has 4 aliphatic rings. The van der Waals surface area contributed by atoms with E-state index >= 15 is 0 Å². The van der Waals surface area contributed by atoms with E-state index in [0.717, 1.165) is 35.8 Å². The van der Waals surface area contributed by atoms with Gasteiger partial charge in [-0.15, -0.1) is 0 Å². The van der Waals surface area contributed by atoms with Crippen molar-refractivity contribution in [1.29, 1.82) is 0 Å². The standard InChI is InChI=1S/C58H45BN2O/c1-6-7-16-33-27-41-37-19-10-14-23-49(37)61-55(41)43(28-33)53-54-51(31-42-38-20-11-15-24-52(38)62-56(42)53)60(34-25-26-46-39(29-34)35-17-8-12-21-44(35)57(46,2)3)50-30-40-36-18-9-13-22-45(36)58(4,5)47(40)32-48(50)59(54)61/h8-15,17-32H,6-7,16H2,1-5H3. The van der Waals surface area contributed by atoms with Crippen LogP contribution in [-0.2, 0) is 17.3 Å². The molecule has 0 N–H and O–H groups in total. The third-order valence-electron chi connectivity index (χ3n) is 15.5. The minimum atomic E-state index is -0.157. The van der Waals surface area contributed by atoms with Gasteiger partial charge in [0.25, 0.3) is 0 Å². The molecule has 62 heavy (non-hydrogen) atoms. The molecule has 0 spiro atoms. The highest BCUT2D eigenvalue weighted by atomic mass is 16.3. The lowest BCUT2D eigenvalue weighted by atomic mass is 9.44. The van der Waals surface area contributed by atoms with E-state index in [9.17, 15) is 0 Å². The number of para-hydroxylation sites is 2. The molecule has 0 amide bonds. The van der Waals surface area contributed by atoms with Crippen LogP contribution in [0, 0.1) is 0 Å².